The minimum atomic E-state index is 0.227. The minimum Gasteiger partial charge on any atom is -0.495 e. The van der Waals surface area contributed by atoms with Crippen molar-refractivity contribution in [2.45, 2.75) is 12.8 Å². The molecule has 0 aliphatic rings. The lowest BCUT2D eigenvalue weighted by molar-refractivity contribution is 0.288. The van der Waals surface area contributed by atoms with Gasteiger partial charge in [0.2, 0.25) is 0 Å². The monoisotopic (exact) mass is 243 g/mol. The van der Waals surface area contributed by atoms with Crippen molar-refractivity contribution in [1.29, 1.82) is 0 Å². The molecule has 1 N–H and O–H groups in total. The van der Waals surface area contributed by atoms with E-state index in [0.717, 1.165) is 29.7 Å². The van der Waals surface area contributed by atoms with Crippen LogP contribution in [0.4, 0.5) is 0 Å². The van der Waals surface area contributed by atoms with Crippen LogP contribution in [0.25, 0.3) is 11.1 Å². The van der Waals surface area contributed by atoms with Crippen molar-refractivity contribution in [2.75, 3.05) is 13.7 Å². The number of benzene rings is 1. The Balaban J connectivity index is 2.26. The summed E-state index contributed by atoms with van der Waals surface area (Å²) in [6, 6.07) is 10.3. The second kappa shape index (κ2) is 6.17. The van der Waals surface area contributed by atoms with Gasteiger partial charge in [0.25, 0.3) is 0 Å². The number of rotatable bonds is 5. The first kappa shape index (κ1) is 12.6. The minimum absolute atomic E-state index is 0.227. The topological polar surface area (TPSA) is 42.4 Å². The van der Waals surface area contributed by atoms with Gasteiger partial charge in [-0.2, -0.15) is 0 Å². The zero-order chi connectivity index (χ0) is 12.8. The molecule has 0 aliphatic carbocycles. The maximum absolute atomic E-state index is 8.86. The summed E-state index contributed by atoms with van der Waals surface area (Å²) in [7, 11) is 1.64. The fraction of sp³-hybridized carbons (Fsp3) is 0.267. The van der Waals surface area contributed by atoms with Crippen LogP contribution in [0.2, 0.25) is 0 Å². The van der Waals surface area contributed by atoms with Crippen molar-refractivity contribution in [3.63, 3.8) is 0 Å². The summed E-state index contributed by atoms with van der Waals surface area (Å²) in [6.45, 7) is 0.227. The second-order valence-electron chi connectivity index (χ2n) is 4.14. The van der Waals surface area contributed by atoms with E-state index in [1.54, 1.807) is 13.3 Å². The summed E-state index contributed by atoms with van der Waals surface area (Å²) < 4.78 is 5.18. The fourth-order valence-electron chi connectivity index (χ4n) is 1.88. The Morgan fingerprint density at radius 3 is 2.83 bits per heavy atom. The Morgan fingerprint density at radius 2 is 2.06 bits per heavy atom. The molecule has 1 aromatic carbocycles. The number of nitrogens with zero attached hydrogens (tertiary/aromatic N) is 1. The van der Waals surface area contributed by atoms with Crippen molar-refractivity contribution in [3.05, 3.63) is 48.3 Å². The number of hydrogen-bond acceptors (Lipinski definition) is 3. The zero-order valence-corrected chi connectivity index (χ0v) is 10.5. The Bertz CT molecular complexity index is 511. The van der Waals surface area contributed by atoms with E-state index in [-0.39, 0.29) is 6.61 Å². The highest BCUT2D eigenvalue weighted by Gasteiger charge is 2.01. The van der Waals surface area contributed by atoms with Gasteiger partial charge in [0.15, 0.2) is 0 Å². The maximum atomic E-state index is 8.86. The highest BCUT2D eigenvalue weighted by molar-refractivity contribution is 5.64. The number of ether oxygens (including phenoxy) is 1. The van der Waals surface area contributed by atoms with Crippen molar-refractivity contribution in [2.24, 2.45) is 0 Å². The molecule has 0 spiro atoms. The quantitative estimate of drug-likeness (QED) is 0.878. The summed E-state index contributed by atoms with van der Waals surface area (Å²) in [5, 5.41) is 8.86. The summed E-state index contributed by atoms with van der Waals surface area (Å²) in [5.41, 5.74) is 3.39. The fourth-order valence-corrected chi connectivity index (χ4v) is 1.88. The average Bonchev–Trinajstić information content (AvgIpc) is 2.45. The number of hydrogen-bond donors (Lipinski definition) is 1. The molecule has 94 valence electrons. The Labute approximate surface area is 107 Å². The third-order valence-electron chi connectivity index (χ3n) is 2.83. The Hall–Kier alpha value is -1.87. The molecule has 1 heterocycles. The van der Waals surface area contributed by atoms with Gasteiger partial charge in [-0.05, 0) is 30.0 Å². The first-order valence-corrected chi connectivity index (χ1v) is 6.02. The predicted molar refractivity (Wildman–Crippen MR) is 71.6 cm³/mol. The lowest BCUT2D eigenvalue weighted by Gasteiger charge is -2.06. The molecule has 18 heavy (non-hydrogen) atoms. The van der Waals surface area contributed by atoms with E-state index in [0.29, 0.717) is 0 Å². The van der Waals surface area contributed by atoms with E-state index < -0.39 is 0 Å². The van der Waals surface area contributed by atoms with Crippen LogP contribution in [0.5, 0.6) is 5.75 Å². The molecule has 0 fully saturated rings. The van der Waals surface area contributed by atoms with Crippen LogP contribution in [0, 0.1) is 0 Å². The number of methoxy groups -OCH3 is 1. The van der Waals surface area contributed by atoms with E-state index in [1.165, 1.54) is 5.56 Å². The summed E-state index contributed by atoms with van der Waals surface area (Å²) in [6.07, 6.45) is 5.20. The van der Waals surface area contributed by atoms with E-state index >= 15 is 0 Å². The molecule has 0 atom stereocenters. The van der Waals surface area contributed by atoms with Gasteiger partial charge >= 0.3 is 0 Å². The molecular formula is C15H17NO2. The van der Waals surface area contributed by atoms with Gasteiger partial charge in [0, 0.05) is 18.4 Å². The first-order chi connectivity index (χ1) is 8.83. The molecule has 0 bridgehead atoms. The van der Waals surface area contributed by atoms with Gasteiger partial charge < -0.3 is 9.84 Å². The van der Waals surface area contributed by atoms with Gasteiger partial charge in [0.05, 0.1) is 13.3 Å². The number of aliphatic hydroxyl groups excluding tert-OH is 1. The molecule has 0 amide bonds. The first-order valence-electron chi connectivity index (χ1n) is 6.02. The highest BCUT2D eigenvalue weighted by Crippen LogP contribution is 2.23. The van der Waals surface area contributed by atoms with Crippen LogP contribution in [-0.2, 0) is 6.42 Å². The lowest BCUT2D eigenvalue weighted by Crippen LogP contribution is -1.90. The molecule has 2 aromatic rings. The van der Waals surface area contributed by atoms with E-state index in [1.807, 2.05) is 18.3 Å². The Morgan fingerprint density at radius 1 is 1.17 bits per heavy atom. The van der Waals surface area contributed by atoms with Crippen molar-refractivity contribution < 1.29 is 9.84 Å². The zero-order valence-electron chi connectivity index (χ0n) is 10.5. The third kappa shape index (κ3) is 3.08. The van der Waals surface area contributed by atoms with Gasteiger partial charge in [-0.15, -0.1) is 0 Å². The molecule has 1 aromatic heterocycles. The Kier molecular flexibility index (Phi) is 4.31. The molecule has 3 heteroatoms. The molecule has 0 unspecified atom stereocenters. The van der Waals surface area contributed by atoms with Gasteiger partial charge in [-0.3, -0.25) is 4.98 Å². The van der Waals surface area contributed by atoms with E-state index in [4.69, 9.17) is 9.84 Å². The third-order valence-corrected chi connectivity index (χ3v) is 2.83. The van der Waals surface area contributed by atoms with Crippen LogP contribution in [-0.4, -0.2) is 23.8 Å². The van der Waals surface area contributed by atoms with E-state index in [2.05, 4.69) is 23.2 Å². The molecule has 3 nitrogen and oxygen atoms in total. The van der Waals surface area contributed by atoms with Crippen LogP contribution in [0.15, 0.2) is 42.7 Å². The summed E-state index contributed by atoms with van der Waals surface area (Å²) in [4.78, 5) is 4.16. The van der Waals surface area contributed by atoms with Crippen LogP contribution < -0.4 is 4.74 Å². The highest BCUT2D eigenvalue weighted by atomic mass is 16.5. The summed E-state index contributed by atoms with van der Waals surface area (Å²) >= 11 is 0. The van der Waals surface area contributed by atoms with Crippen molar-refractivity contribution in [1.82, 2.24) is 4.98 Å². The lowest BCUT2D eigenvalue weighted by atomic mass is 10.0. The summed E-state index contributed by atoms with van der Waals surface area (Å²) in [5.74, 6) is 0.758. The number of pyridine rings is 1. The van der Waals surface area contributed by atoms with Gasteiger partial charge in [-0.1, -0.05) is 24.3 Å². The van der Waals surface area contributed by atoms with Gasteiger partial charge in [-0.25, -0.2) is 0 Å². The number of aromatic nitrogens is 1. The van der Waals surface area contributed by atoms with Crippen molar-refractivity contribution in [3.8, 4) is 16.9 Å². The number of aliphatic hydroxyl groups is 1. The van der Waals surface area contributed by atoms with Crippen molar-refractivity contribution >= 4 is 0 Å². The van der Waals surface area contributed by atoms with Crippen LogP contribution >= 0.6 is 0 Å². The molecule has 0 radical (unpaired) electrons. The normalized spacial score (nSPS) is 10.3. The molecule has 0 aliphatic heterocycles. The maximum Gasteiger partial charge on any atom is 0.137 e. The van der Waals surface area contributed by atoms with Crippen LogP contribution in [0.1, 0.15) is 12.0 Å². The standard InChI is InChI=1S/C15H17NO2/c1-18-15-9-14(10-16-11-15)13-6-2-4-12(8-13)5-3-7-17/h2,4,6,8-11,17H,3,5,7H2,1H3. The predicted octanol–water partition coefficient (Wildman–Crippen LogP) is 2.68. The molecule has 0 saturated carbocycles. The SMILES string of the molecule is COc1cncc(-c2cccc(CCCO)c2)c1. The number of aryl methyl sites for hydroxylation is 1. The molecular weight excluding hydrogens is 226 g/mol. The second-order valence-corrected chi connectivity index (χ2v) is 4.14. The smallest absolute Gasteiger partial charge is 0.137 e. The molecule has 2 rings (SSSR count). The largest absolute Gasteiger partial charge is 0.495 e. The molecule has 0 saturated heterocycles. The van der Waals surface area contributed by atoms with Gasteiger partial charge in [0.1, 0.15) is 5.75 Å². The van der Waals surface area contributed by atoms with E-state index in [9.17, 15) is 0 Å². The van der Waals surface area contributed by atoms with Crippen LogP contribution in [0.3, 0.4) is 0 Å². The average molecular weight is 243 g/mol.